The quantitative estimate of drug-likeness (QED) is 0.297. The second kappa shape index (κ2) is 13.5. The molecule has 9 nitrogen and oxygen atoms in total. The van der Waals surface area contributed by atoms with Gasteiger partial charge in [0.2, 0.25) is 0 Å². The summed E-state index contributed by atoms with van der Waals surface area (Å²) in [6.45, 7) is 20.2. The predicted molar refractivity (Wildman–Crippen MR) is 154 cm³/mol. The SMILES string of the molecule is C=C1[C@H](C)C[C@](C)(O)[C@H](O[C@@H]2O[C@H](C)C[C@H](N(C)C)[C@H]2C)[C@@H](C)[C@H](O)[C@@H](C)C(=O)O[C@H](CC)[C@@](C)(O)[C@H](O)[C@H]1C. The van der Waals surface area contributed by atoms with Gasteiger partial charge in [-0.25, -0.2) is 0 Å². The van der Waals surface area contributed by atoms with Crippen molar-refractivity contribution in [2.45, 2.75) is 136 Å². The Bertz CT molecular complexity index is 860. The zero-order valence-electron chi connectivity index (χ0n) is 26.6. The van der Waals surface area contributed by atoms with E-state index in [2.05, 4.69) is 18.4 Å². The molecule has 40 heavy (non-hydrogen) atoms. The molecule has 2 heterocycles. The van der Waals surface area contributed by atoms with Crippen LogP contribution >= 0.6 is 0 Å². The van der Waals surface area contributed by atoms with Gasteiger partial charge in [0.1, 0.15) is 11.7 Å². The van der Waals surface area contributed by atoms with Gasteiger partial charge in [-0.15, -0.1) is 0 Å². The van der Waals surface area contributed by atoms with Crippen LogP contribution in [0, 0.1) is 29.6 Å². The number of cyclic esters (lactones) is 1. The maximum absolute atomic E-state index is 13.2. The highest BCUT2D eigenvalue weighted by molar-refractivity contribution is 5.73. The van der Waals surface area contributed by atoms with E-state index in [1.807, 2.05) is 27.9 Å². The number of ether oxygens (including phenoxy) is 3. The first-order valence-corrected chi connectivity index (χ1v) is 14.9. The summed E-state index contributed by atoms with van der Waals surface area (Å²) in [5.74, 6) is -3.21. The molecule has 4 N–H and O–H groups in total. The Morgan fingerprint density at radius 2 is 1.60 bits per heavy atom. The lowest BCUT2D eigenvalue weighted by Gasteiger charge is -2.48. The topological polar surface area (TPSA) is 129 Å². The number of esters is 1. The molecule has 0 bridgehead atoms. The van der Waals surface area contributed by atoms with Gasteiger partial charge in [0.15, 0.2) is 6.29 Å². The summed E-state index contributed by atoms with van der Waals surface area (Å²) in [5, 5.41) is 46.0. The van der Waals surface area contributed by atoms with Crippen molar-refractivity contribution in [3.8, 4) is 0 Å². The van der Waals surface area contributed by atoms with Crippen molar-refractivity contribution in [3.63, 3.8) is 0 Å². The lowest BCUT2D eigenvalue weighted by atomic mass is 9.73. The highest BCUT2D eigenvalue weighted by Crippen LogP contribution is 2.40. The Hall–Kier alpha value is -1.07. The van der Waals surface area contributed by atoms with Crippen LogP contribution in [0.5, 0.6) is 0 Å². The summed E-state index contributed by atoms with van der Waals surface area (Å²) in [5.41, 5.74) is -2.57. The van der Waals surface area contributed by atoms with E-state index in [1.54, 1.807) is 34.6 Å². The van der Waals surface area contributed by atoms with Crippen molar-refractivity contribution in [1.82, 2.24) is 4.90 Å². The first kappa shape index (κ1) is 35.1. The van der Waals surface area contributed by atoms with Crippen molar-refractivity contribution >= 4 is 5.97 Å². The predicted octanol–water partition coefficient (Wildman–Crippen LogP) is 3.12. The van der Waals surface area contributed by atoms with Crippen molar-refractivity contribution in [2.24, 2.45) is 29.6 Å². The van der Waals surface area contributed by atoms with E-state index in [4.69, 9.17) is 14.2 Å². The average molecular weight is 572 g/mol. The molecule has 0 aromatic carbocycles. The lowest BCUT2D eigenvalue weighted by molar-refractivity contribution is -0.285. The van der Waals surface area contributed by atoms with Crippen LogP contribution in [0.25, 0.3) is 0 Å². The highest BCUT2D eigenvalue weighted by Gasteiger charge is 2.50. The van der Waals surface area contributed by atoms with Crippen LogP contribution in [0.15, 0.2) is 12.2 Å². The molecule has 2 rings (SSSR count). The average Bonchev–Trinajstić information content (AvgIpc) is 2.87. The number of aliphatic hydroxyl groups is 4. The fraction of sp³-hybridized carbons (Fsp3) is 0.903. The first-order chi connectivity index (χ1) is 18.3. The molecule has 0 aromatic rings. The molecular formula is C31H57NO8. The van der Waals surface area contributed by atoms with Gasteiger partial charge >= 0.3 is 5.97 Å². The zero-order valence-corrected chi connectivity index (χ0v) is 26.6. The van der Waals surface area contributed by atoms with E-state index in [0.717, 1.165) is 6.42 Å². The summed E-state index contributed by atoms with van der Waals surface area (Å²) in [7, 11) is 4.05. The van der Waals surface area contributed by atoms with E-state index in [1.165, 1.54) is 6.92 Å². The van der Waals surface area contributed by atoms with Crippen LogP contribution in [0.3, 0.4) is 0 Å². The standard InChI is InChI=1S/C31H57NO8/c1-13-24-31(10,37)26(34)19(5)18(4)16(2)15-30(9,36)27(21(7)25(33)22(8)28(35)39-24)40-29-20(6)23(32(11)12)14-17(3)38-29/h16-17,19-27,29,33-34,36-37H,4,13-15H2,1-3,5-12H3/t16-,17-,19+,20-,21+,22-,23+,24-,25+,26-,27-,29+,30+,31-/m1/s1. The van der Waals surface area contributed by atoms with E-state index in [9.17, 15) is 25.2 Å². The van der Waals surface area contributed by atoms with Crippen LogP contribution in [-0.2, 0) is 19.0 Å². The van der Waals surface area contributed by atoms with Crippen LogP contribution in [-0.4, -0.2) is 99.4 Å². The Labute approximate surface area is 241 Å². The minimum atomic E-state index is -1.75. The van der Waals surface area contributed by atoms with Gasteiger partial charge in [-0.3, -0.25) is 4.79 Å². The van der Waals surface area contributed by atoms with Gasteiger partial charge in [0.05, 0.1) is 35.9 Å². The van der Waals surface area contributed by atoms with Crippen LogP contribution in [0.2, 0.25) is 0 Å². The fourth-order valence-electron chi connectivity index (χ4n) is 6.82. The van der Waals surface area contributed by atoms with E-state index >= 15 is 0 Å². The van der Waals surface area contributed by atoms with E-state index in [0.29, 0.717) is 5.57 Å². The molecule has 14 atom stereocenters. The number of hydrogen-bond acceptors (Lipinski definition) is 9. The molecule has 0 saturated carbocycles. The van der Waals surface area contributed by atoms with Crippen molar-refractivity contribution in [1.29, 1.82) is 0 Å². The second-order valence-corrected chi connectivity index (χ2v) is 13.5. The minimum absolute atomic E-state index is 0.0167. The second-order valence-electron chi connectivity index (χ2n) is 13.5. The summed E-state index contributed by atoms with van der Waals surface area (Å²) in [6, 6.07) is 0.200. The van der Waals surface area contributed by atoms with Gasteiger partial charge in [-0.1, -0.05) is 46.8 Å². The Morgan fingerprint density at radius 1 is 1.02 bits per heavy atom. The van der Waals surface area contributed by atoms with E-state index < -0.39 is 65.6 Å². The van der Waals surface area contributed by atoms with Crippen LogP contribution in [0.4, 0.5) is 0 Å². The molecule has 2 fully saturated rings. The molecule has 0 aliphatic carbocycles. The maximum Gasteiger partial charge on any atom is 0.311 e. The third-order valence-electron chi connectivity index (χ3n) is 9.72. The van der Waals surface area contributed by atoms with Gasteiger partial charge < -0.3 is 39.5 Å². The number of hydrogen-bond donors (Lipinski definition) is 4. The monoisotopic (exact) mass is 571 g/mol. The fourth-order valence-corrected chi connectivity index (χ4v) is 6.82. The number of carbonyl (C=O) groups excluding carboxylic acids is 1. The van der Waals surface area contributed by atoms with Gasteiger partial charge in [0.25, 0.3) is 0 Å². The normalized spacial score (nSPS) is 48.5. The molecular weight excluding hydrogens is 514 g/mol. The van der Waals surface area contributed by atoms with Crippen LogP contribution < -0.4 is 0 Å². The molecule has 2 saturated heterocycles. The van der Waals surface area contributed by atoms with Gasteiger partial charge in [0, 0.05) is 23.8 Å². The van der Waals surface area contributed by atoms with Crippen molar-refractivity contribution < 1.29 is 39.4 Å². The lowest BCUT2D eigenvalue weighted by Crippen LogP contribution is -2.58. The largest absolute Gasteiger partial charge is 0.459 e. The molecule has 2 aliphatic rings. The summed E-state index contributed by atoms with van der Waals surface area (Å²) in [4.78, 5) is 15.4. The smallest absolute Gasteiger partial charge is 0.311 e. The number of nitrogens with zero attached hydrogens (tertiary/aromatic N) is 1. The third-order valence-corrected chi connectivity index (χ3v) is 9.72. The Morgan fingerprint density at radius 3 is 2.12 bits per heavy atom. The molecule has 0 aromatic heterocycles. The molecule has 9 heteroatoms. The van der Waals surface area contributed by atoms with Gasteiger partial charge in [-0.05, 0) is 67.0 Å². The van der Waals surface area contributed by atoms with Crippen LogP contribution in [0.1, 0.15) is 81.6 Å². The summed E-state index contributed by atoms with van der Waals surface area (Å²) < 4.78 is 18.6. The van der Waals surface area contributed by atoms with Gasteiger partial charge in [-0.2, -0.15) is 0 Å². The molecule has 0 radical (unpaired) electrons. The Kier molecular flexibility index (Phi) is 11.8. The molecule has 2 aliphatic heterocycles. The molecule has 0 unspecified atom stereocenters. The molecule has 234 valence electrons. The zero-order chi connectivity index (χ0) is 30.9. The number of aliphatic hydroxyl groups excluding tert-OH is 2. The third kappa shape index (κ3) is 7.46. The van der Waals surface area contributed by atoms with E-state index in [-0.39, 0.29) is 36.8 Å². The van der Waals surface area contributed by atoms with Crippen molar-refractivity contribution in [3.05, 3.63) is 12.2 Å². The molecule has 0 amide bonds. The first-order valence-electron chi connectivity index (χ1n) is 14.9. The molecule has 0 spiro atoms. The number of rotatable bonds is 4. The summed E-state index contributed by atoms with van der Waals surface area (Å²) in [6.07, 6.45) is -3.77. The number of carbonyl (C=O) groups is 1. The Balaban J connectivity index is 2.55. The minimum Gasteiger partial charge on any atom is -0.459 e. The van der Waals surface area contributed by atoms with Crippen molar-refractivity contribution in [2.75, 3.05) is 14.1 Å². The highest BCUT2D eigenvalue weighted by atomic mass is 16.7. The maximum atomic E-state index is 13.2. The summed E-state index contributed by atoms with van der Waals surface area (Å²) >= 11 is 0.